The van der Waals surface area contributed by atoms with E-state index in [9.17, 15) is 5.11 Å². The van der Waals surface area contributed by atoms with E-state index in [2.05, 4.69) is 74.1 Å². The van der Waals surface area contributed by atoms with Gasteiger partial charge >= 0.3 is 0 Å². The highest BCUT2D eigenvalue weighted by molar-refractivity contribution is 5.50. The molecule has 1 heteroatoms. The number of aromatic hydroxyl groups is 1. The highest BCUT2D eigenvalue weighted by Crippen LogP contribution is 2.41. The fourth-order valence-corrected chi connectivity index (χ4v) is 3.47. The van der Waals surface area contributed by atoms with Gasteiger partial charge in [-0.15, -0.1) is 6.58 Å². The van der Waals surface area contributed by atoms with Gasteiger partial charge in [-0.2, -0.15) is 0 Å². The third-order valence-electron chi connectivity index (χ3n) is 4.98. The van der Waals surface area contributed by atoms with Crippen LogP contribution in [0.15, 0.2) is 24.8 Å². The van der Waals surface area contributed by atoms with Crippen LogP contribution in [0, 0.1) is 5.41 Å². The van der Waals surface area contributed by atoms with Gasteiger partial charge in [0.25, 0.3) is 0 Å². The number of rotatable bonds is 7. The van der Waals surface area contributed by atoms with Crippen molar-refractivity contribution < 1.29 is 5.11 Å². The van der Waals surface area contributed by atoms with E-state index in [4.69, 9.17) is 0 Å². The fourth-order valence-electron chi connectivity index (χ4n) is 3.47. The summed E-state index contributed by atoms with van der Waals surface area (Å²) in [7, 11) is 0. The zero-order valence-corrected chi connectivity index (χ0v) is 17.9. The topological polar surface area (TPSA) is 20.2 Å². The minimum absolute atomic E-state index is 0.0613. The number of benzene rings is 1. The van der Waals surface area contributed by atoms with Crippen LogP contribution in [0.2, 0.25) is 0 Å². The molecule has 142 valence electrons. The van der Waals surface area contributed by atoms with E-state index in [1.807, 2.05) is 6.08 Å². The fraction of sp³-hybridized carbons (Fsp3) is 0.667. The van der Waals surface area contributed by atoms with Crippen molar-refractivity contribution in [2.24, 2.45) is 5.41 Å². The third-order valence-corrected chi connectivity index (χ3v) is 4.98. The average Bonchev–Trinajstić information content (AvgIpc) is 2.42. The molecular weight excluding hydrogens is 304 g/mol. The Morgan fingerprint density at radius 2 is 1.36 bits per heavy atom. The van der Waals surface area contributed by atoms with Gasteiger partial charge in [-0.1, -0.05) is 80.0 Å². The minimum atomic E-state index is -0.0613. The molecule has 0 unspecified atom stereocenters. The minimum Gasteiger partial charge on any atom is -0.507 e. The number of phenolic OH excluding ortho intramolecular Hbond substituents is 1. The molecule has 0 radical (unpaired) electrons. The molecule has 0 saturated carbocycles. The maximum atomic E-state index is 10.9. The lowest BCUT2D eigenvalue weighted by Crippen LogP contribution is -2.20. The van der Waals surface area contributed by atoms with Crippen LogP contribution in [-0.4, -0.2) is 5.11 Å². The highest BCUT2D eigenvalue weighted by Gasteiger charge is 2.28. The standard InChI is InChI=1S/C24H40O/c1-10-11-12-13-14-24(8,9)17-18-15-19(22(2,3)4)21(25)20(16-18)23(5,6)7/h10,15-16,25H,1,11-14,17H2,2-9H3. The van der Waals surface area contributed by atoms with Crippen LogP contribution in [0.1, 0.15) is 97.8 Å². The largest absolute Gasteiger partial charge is 0.507 e. The molecule has 0 spiro atoms. The Balaban J connectivity index is 3.16. The number of hydrogen-bond acceptors (Lipinski definition) is 1. The van der Waals surface area contributed by atoms with E-state index in [1.54, 1.807) is 0 Å². The van der Waals surface area contributed by atoms with Crippen molar-refractivity contribution in [3.8, 4) is 5.75 Å². The maximum absolute atomic E-state index is 10.9. The zero-order valence-electron chi connectivity index (χ0n) is 17.9. The second-order valence-corrected chi connectivity index (χ2v) is 10.4. The highest BCUT2D eigenvalue weighted by atomic mass is 16.3. The first-order valence-corrected chi connectivity index (χ1v) is 9.76. The van der Waals surface area contributed by atoms with Gasteiger partial charge in [0.2, 0.25) is 0 Å². The van der Waals surface area contributed by atoms with E-state index in [1.165, 1.54) is 24.8 Å². The summed E-state index contributed by atoms with van der Waals surface area (Å²) in [5.74, 6) is 0.479. The van der Waals surface area contributed by atoms with Gasteiger partial charge in [-0.3, -0.25) is 0 Å². The van der Waals surface area contributed by atoms with Crippen LogP contribution in [0.25, 0.3) is 0 Å². The molecular formula is C24H40O. The van der Waals surface area contributed by atoms with E-state index in [-0.39, 0.29) is 16.2 Å². The summed E-state index contributed by atoms with van der Waals surface area (Å²) in [6.07, 6.45) is 7.86. The summed E-state index contributed by atoms with van der Waals surface area (Å²) in [6, 6.07) is 4.46. The lowest BCUT2D eigenvalue weighted by atomic mass is 9.75. The molecule has 0 amide bonds. The second kappa shape index (κ2) is 7.98. The SMILES string of the molecule is C=CCCCCC(C)(C)Cc1cc(C(C)(C)C)c(O)c(C(C)(C)C)c1. The van der Waals surface area contributed by atoms with E-state index in [0.717, 1.165) is 24.0 Å². The summed E-state index contributed by atoms with van der Waals surface area (Å²) < 4.78 is 0. The Morgan fingerprint density at radius 3 is 1.76 bits per heavy atom. The van der Waals surface area contributed by atoms with Crippen molar-refractivity contribution in [1.82, 2.24) is 0 Å². The summed E-state index contributed by atoms with van der Waals surface area (Å²) in [6.45, 7) is 21.6. The Kier molecular flexibility index (Phi) is 6.95. The molecule has 25 heavy (non-hydrogen) atoms. The lowest BCUT2D eigenvalue weighted by Gasteiger charge is -2.30. The van der Waals surface area contributed by atoms with Crippen molar-refractivity contribution in [1.29, 1.82) is 0 Å². The smallest absolute Gasteiger partial charge is 0.123 e. The Hall–Kier alpha value is -1.24. The van der Waals surface area contributed by atoms with Crippen LogP contribution in [0.4, 0.5) is 0 Å². The molecule has 1 nitrogen and oxygen atoms in total. The zero-order chi connectivity index (χ0) is 19.5. The summed E-state index contributed by atoms with van der Waals surface area (Å²) >= 11 is 0. The van der Waals surface area contributed by atoms with Crippen LogP contribution >= 0.6 is 0 Å². The number of hydrogen-bond donors (Lipinski definition) is 1. The third kappa shape index (κ3) is 6.53. The van der Waals surface area contributed by atoms with Crippen LogP contribution in [0.3, 0.4) is 0 Å². The maximum Gasteiger partial charge on any atom is 0.123 e. The Morgan fingerprint density at radius 1 is 0.880 bits per heavy atom. The summed E-state index contributed by atoms with van der Waals surface area (Å²) in [4.78, 5) is 0. The van der Waals surface area contributed by atoms with Crippen LogP contribution < -0.4 is 0 Å². The van der Waals surface area contributed by atoms with Crippen molar-refractivity contribution >= 4 is 0 Å². The van der Waals surface area contributed by atoms with Crippen LogP contribution in [-0.2, 0) is 17.3 Å². The average molecular weight is 345 g/mol. The van der Waals surface area contributed by atoms with Gasteiger partial charge in [-0.05, 0) is 58.6 Å². The van der Waals surface area contributed by atoms with Crippen molar-refractivity contribution in [2.45, 2.75) is 98.3 Å². The Bertz CT molecular complexity index is 544. The van der Waals surface area contributed by atoms with Crippen molar-refractivity contribution in [3.63, 3.8) is 0 Å². The molecule has 1 aromatic rings. The molecule has 1 N–H and O–H groups in total. The molecule has 0 heterocycles. The lowest BCUT2D eigenvalue weighted by molar-refractivity contribution is 0.318. The Labute approximate surface area is 156 Å². The molecule has 0 saturated heterocycles. The number of phenols is 1. The number of allylic oxidation sites excluding steroid dienone is 1. The molecule has 0 aliphatic carbocycles. The molecule has 1 rings (SSSR count). The summed E-state index contributed by atoms with van der Waals surface area (Å²) in [5, 5.41) is 10.9. The van der Waals surface area contributed by atoms with Gasteiger partial charge in [0.1, 0.15) is 5.75 Å². The predicted octanol–water partition coefficient (Wildman–Crippen LogP) is 7.30. The van der Waals surface area contributed by atoms with Crippen molar-refractivity contribution in [2.75, 3.05) is 0 Å². The first-order valence-electron chi connectivity index (χ1n) is 9.76. The summed E-state index contributed by atoms with van der Waals surface area (Å²) in [5.41, 5.74) is 3.63. The van der Waals surface area contributed by atoms with Gasteiger partial charge in [0, 0.05) is 0 Å². The van der Waals surface area contributed by atoms with E-state index < -0.39 is 0 Å². The second-order valence-electron chi connectivity index (χ2n) is 10.4. The molecule has 0 atom stereocenters. The molecule has 0 aliphatic rings. The van der Waals surface area contributed by atoms with Gasteiger partial charge in [0.15, 0.2) is 0 Å². The van der Waals surface area contributed by atoms with Gasteiger partial charge in [0.05, 0.1) is 0 Å². The molecule has 0 fully saturated rings. The van der Waals surface area contributed by atoms with E-state index in [0.29, 0.717) is 5.75 Å². The van der Waals surface area contributed by atoms with Crippen LogP contribution in [0.5, 0.6) is 5.75 Å². The first kappa shape index (κ1) is 21.8. The molecule has 0 aromatic heterocycles. The normalized spacial score (nSPS) is 13.1. The quantitative estimate of drug-likeness (QED) is 0.406. The number of unbranched alkanes of at least 4 members (excludes halogenated alkanes) is 2. The molecule has 0 bridgehead atoms. The van der Waals surface area contributed by atoms with Gasteiger partial charge in [-0.25, -0.2) is 0 Å². The van der Waals surface area contributed by atoms with E-state index >= 15 is 0 Å². The van der Waals surface area contributed by atoms with Gasteiger partial charge < -0.3 is 5.11 Å². The molecule has 0 aliphatic heterocycles. The van der Waals surface area contributed by atoms with Crippen molar-refractivity contribution in [3.05, 3.63) is 41.5 Å². The predicted molar refractivity (Wildman–Crippen MR) is 112 cm³/mol. The molecule has 1 aromatic carbocycles. The monoisotopic (exact) mass is 344 g/mol. The first-order chi connectivity index (χ1) is 11.3.